The Labute approximate surface area is 64.1 Å². The van der Waals surface area contributed by atoms with E-state index in [2.05, 4.69) is 4.74 Å². The van der Waals surface area contributed by atoms with Gasteiger partial charge in [0.1, 0.15) is 6.61 Å². The molecule has 5 heteroatoms. The summed E-state index contributed by atoms with van der Waals surface area (Å²) in [7, 11) is 0. The van der Waals surface area contributed by atoms with Crippen LogP contribution >= 0.6 is 12.4 Å². The van der Waals surface area contributed by atoms with Crippen molar-refractivity contribution in [2.45, 2.75) is 18.4 Å². The van der Waals surface area contributed by atoms with Crippen molar-refractivity contribution in [3.05, 3.63) is 0 Å². The molecule has 0 spiro atoms. The third-order valence-electron chi connectivity index (χ3n) is 1.21. The first-order valence-electron chi connectivity index (χ1n) is 2.81. The van der Waals surface area contributed by atoms with Crippen LogP contribution in [0.4, 0.5) is 8.78 Å². The Morgan fingerprint density at radius 1 is 1.50 bits per heavy atom. The Balaban J connectivity index is 0.000000810. The zero-order valence-corrected chi connectivity index (χ0v) is 6.16. The summed E-state index contributed by atoms with van der Waals surface area (Å²) in [6.07, 6.45) is -0.243. The summed E-state index contributed by atoms with van der Waals surface area (Å²) in [5, 5.41) is 0. The molecule has 0 bridgehead atoms. The van der Waals surface area contributed by atoms with Gasteiger partial charge >= 0.3 is 0 Å². The Morgan fingerprint density at radius 3 is 2.40 bits per heavy atom. The first-order chi connectivity index (χ1) is 4.10. The molecule has 62 valence electrons. The van der Waals surface area contributed by atoms with Crippen molar-refractivity contribution in [3.8, 4) is 0 Å². The average molecular weight is 174 g/mol. The lowest BCUT2D eigenvalue weighted by Crippen LogP contribution is -2.42. The molecule has 2 N–H and O–H groups in total. The molecular formula is C5H10ClF2NO. The molecule has 1 fully saturated rings. The van der Waals surface area contributed by atoms with Crippen LogP contribution in [0.3, 0.4) is 0 Å². The van der Waals surface area contributed by atoms with E-state index in [1.54, 1.807) is 0 Å². The number of hydrogen-bond acceptors (Lipinski definition) is 2. The predicted octanol–water partition coefficient (Wildman–Crippen LogP) is 0.791. The number of alkyl halides is 2. The molecule has 1 aliphatic heterocycles. The van der Waals surface area contributed by atoms with E-state index in [1.165, 1.54) is 0 Å². The van der Waals surface area contributed by atoms with Crippen molar-refractivity contribution >= 4 is 12.4 Å². The minimum Gasteiger partial charge on any atom is -0.374 e. The standard InChI is InChI=1S/C5H9F2NO.ClH/c6-5(7)1-4(8)2-9-3-5;/h4H,1-3,8H2;1H. The van der Waals surface area contributed by atoms with Crippen LogP contribution in [-0.2, 0) is 4.74 Å². The van der Waals surface area contributed by atoms with E-state index in [0.29, 0.717) is 0 Å². The van der Waals surface area contributed by atoms with Crippen LogP contribution in [0.1, 0.15) is 6.42 Å². The van der Waals surface area contributed by atoms with Crippen molar-refractivity contribution in [3.63, 3.8) is 0 Å². The quantitative estimate of drug-likeness (QED) is 0.588. The zero-order chi connectivity index (χ0) is 6.91. The highest BCUT2D eigenvalue weighted by Gasteiger charge is 2.35. The lowest BCUT2D eigenvalue weighted by Gasteiger charge is -2.26. The van der Waals surface area contributed by atoms with Crippen LogP contribution in [0, 0.1) is 0 Å². The third-order valence-corrected chi connectivity index (χ3v) is 1.21. The fourth-order valence-corrected chi connectivity index (χ4v) is 0.861. The summed E-state index contributed by atoms with van der Waals surface area (Å²) < 4.78 is 29.0. The van der Waals surface area contributed by atoms with Crippen LogP contribution < -0.4 is 5.73 Å². The molecule has 1 saturated heterocycles. The number of ether oxygens (including phenoxy) is 1. The molecule has 0 saturated carbocycles. The summed E-state index contributed by atoms with van der Waals surface area (Å²) in [6, 6.07) is -0.492. The van der Waals surface area contributed by atoms with Gasteiger partial charge in [-0.1, -0.05) is 0 Å². The van der Waals surface area contributed by atoms with E-state index in [4.69, 9.17) is 5.73 Å². The number of halogens is 3. The van der Waals surface area contributed by atoms with Gasteiger partial charge < -0.3 is 10.5 Å². The number of hydrogen-bond donors (Lipinski definition) is 1. The fraction of sp³-hybridized carbons (Fsp3) is 1.00. The molecule has 0 aromatic rings. The minimum atomic E-state index is -2.70. The molecule has 0 amide bonds. The van der Waals surface area contributed by atoms with Crippen LogP contribution in [0.25, 0.3) is 0 Å². The van der Waals surface area contributed by atoms with E-state index >= 15 is 0 Å². The van der Waals surface area contributed by atoms with Crippen LogP contribution in [0.5, 0.6) is 0 Å². The van der Waals surface area contributed by atoms with Crippen molar-refractivity contribution in [2.24, 2.45) is 5.73 Å². The van der Waals surface area contributed by atoms with Crippen LogP contribution in [-0.4, -0.2) is 25.2 Å². The highest BCUT2D eigenvalue weighted by atomic mass is 35.5. The molecule has 1 heterocycles. The zero-order valence-electron chi connectivity index (χ0n) is 5.35. The molecule has 1 rings (SSSR count). The minimum absolute atomic E-state index is 0. The number of rotatable bonds is 0. The van der Waals surface area contributed by atoms with Crippen molar-refractivity contribution in [1.82, 2.24) is 0 Å². The van der Waals surface area contributed by atoms with Crippen molar-refractivity contribution in [2.75, 3.05) is 13.2 Å². The second-order valence-electron chi connectivity index (χ2n) is 2.34. The van der Waals surface area contributed by atoms with Crippen LogP contribution in [0.15, 0.2) is 0 Å². The Hall–Kier alpha value is 0.0700. The number of nitrogens with two attached hydrogens (primary N) is 1. The van der Waals surface area contributed by atoms with E-state index < -0.39 is 18.6 Å². The molecule has 0 radical (unpaired) electrons. The third kappa shape index (κ3) is 2.77. The Kier molecular flexibility index (Phi) is 3.48. The molecule has 0 aromatic carbocycles. The molecule has 1 unspecified atom stereocenters. The van der Waals surface area contributed by atoms with Crippen molar-refractivity contribution in [1.29, 1.82) is 0 Å². The van der Waals surface area contributed by atoms with Gasteiger partial charge in [0.25, 0.3) is 5.92 Å². The lowest BCUT2D eigenvalue weighted by atomic mass is 10.1. The second kappa shape index (κ2) is 3.46. The fourth-order valence-electron chi connectivity index (χ4n) is 0.861. The first-order valence-corrected chi connectivity index (χ1v) is 2.81. The van der Waals surface area contributed by atoms with Gasteiger partial charge in [-0.05, 0) is 0 Å². The monoisotopic (exact) mass is 173 g/mol. The summed E-state index contributed by atoms with van der Waals surface area (Å²) >= 11 is 0. The van der Waals surface area contributed by atoms with Gasteiger partial charge in [-0.2, -0.15) is 0 Å². The summed E-state index contributed by atoms with van der Waals surface area (Å²) in [4.78, 5) is 0. The summed E-state index contributed by atoms with van der Waals surface area (Å²) in [6.45, 7) is -0.212. The molecule has 1 aliphatic rings. The maximum absolute atomic E-state index is 12.2. The van der Waals surface area contributed by atoms with Gasteiger partial charge in [-0.25, -0.2) is 8.78 Å². The van der Waals surface area contributed by atoms with Gasteiger partial charge in [0.05, 0.1) is 6.61 Å². The molecule has 0 aliphatic carbocycles. The van der Waals surface area contributed by atoms with E-state index in [0.717, 1.165) is 0 Å². The summed E-state index contributed by atoms with van der Waals surface area (Å²) in [5.41, 5.74) is 5.21. The maximum atomic E-state index is 12.2. The highest BCUT2D eigenvalue weighted by Crippen LogP contribution is 2.23. The molecule has 2 nitrogen and oxygen atoms in total. The van der Waals surface area contributed by atoms with Gasteiger partial charge in [0.15, 0.2) is 0 Å². The molecule has 1 atom stereocenters. The maximum Gasteiger partial charge on any atom is 0.272 e. The molecule has 0 aromatic heterocycles. The SMILES string of the molecule is Cl.NC1COCC(F)(F)C1. The predicted molar refractivity (Wildman–Crippen MR) is 35.6 cm³/mol. The lowest BCUT2D eigenvalue weighted by molar-refractivity contribution is -0.120. The van der Waals surface area contributed by atoms with E-state index in [1.807, 2.05) is 0 Å². The average Bonchev–Trinajstić information content (AvgIpc) is 1.60. The van der Waals surface area contributed by atoms with E-state index in [9.17, 15) is 8.78 Å². The highest BCUT2D eigenvalue weighted by molar-refractivity contribution is 5.85. The van der Waals surface area contributed by atoms with E-state index in [-0.39, 0.29) is 25.4 Å². The van der Waals surface area contributed by atoms with Gasteiger partial charge in [-0.15, -0.1) is 12.4 Å². The second-order valence-corrected chi connectivity index (χ2v) is 2.34. The molecule has 10 heavy (non-hydrogen) atoms. The Bertz CT molecular complexity index is 112. The van der Waals surface area contributed by atoms with Crippen LogP contribution in [0.2, 0.25) is 0 Å². The molecular weight excluding hydrogens is 164 g/mol. The Morgan fingerprint density at radius 2 is 2.10 bits per heavy atom. The van der Waals surface area contributed by atoms with Gasteiger partial charge in [0.2, 0.25) is 0 Å². The smallest absolute Gasteiger partial charge is 0.272 e. The summed E-state index contributed by atoms with van der Waals surface area (Å²) in [5.74, 6) is -2.70. The van der Waals surface area contributed by atoms with Crippen molar-refractivity contribution < 1.29 is 13.5 Å². The van der Waals surface area contributed by atoms with Gasteiger partial charge in [-0.3, -0.25) is 0 Å². The largest absolute Gasteiger partial charge is 0.374 e. The first kappa shape index (κ1) is 10.1. The normalized spacial score (nSPS) is 30.9. The topological polar surface area (TPSA) is 35.2 Å². The van der Waals surface area contributed by atoms with Gasteiger partial charge in [0, 0.05) is 12.5 Å².